The van der Waals surface area contributed by atoms with E-state index >= 15 is 0 Å². The van der Waals surface area contributed by atoms with Gasteiger partial charge in [0.15, 0.2) is 0 Å². The van der Waals surface area contributed by atoms with Crippen molar-refractivity contribution >= 4 is 22.5 Å². The molecule has 4 rings (SSSR count). The Bertz CT molecular complexity index is 881. The molecule has 0 radical (unpaired) electrons. The van der Waals surface area contributed by atoms with E-state index < -0.39 is 5.66 Å². The van der Waals surface area contributed by atoms with Crippen LogP contribution in [0.15, 0.2) is 42.5 Å². The quantitative estimate of drug-likeness (QED) is 0.665. The predicted molar refractivity (Wildman–Crippen MR) is 92.1 cm³/mol. The predicted octanol–water partition coefficient (Wildman–Crippen LogP) is 3.99. The molecule has 1 saturated heterocycles. The van der Waals surface area contributed by atoms with Crippen LogP contribution < -0.4 is 10.6 Å². The second kappa shape index (κ2) is 5.34. The summed E-state index contributed by atoms with van der Waals surface area (Å²) in [4.78, 5) is 3.42. The maximum atomic E-state index is 13.8. The topological polar surface area (TPSA) is 39.9 Å². The van der Waals surface area contributed by atoms with Crippen molar-refractivity contribution in [1.82, 2.24) is 15.6 Å². The van der Waals surface area contributed by atoms with Gasteiger partial charge >= 0.3 is 0 Å². The van der Waals surface area contributed by atoms with Gasteiger partial charge in [-0.15, -0.1) is 0 Å². The normalized spacial score (nSPS) is 17.0. The van der Waals surface area contributed by atoms with Crippen molar-refractivity contribution < 1.29 is 4.39 Å². The highest BCUT2D eigenvalue weighted by atomic mass is 35.5. The number of aromatic amines is 1. The summed E-state index contributed by atoms with van der Waals surface area (Å²) < 4.78 is 13.8. The molecule has 0 aliphatic carbocycles. The average Bonchev–Trinajstić information content (AvgIpc) is 3.12. The Morgan fingerprint density at radius 2 is 1.83 bits per heavy atom. The third kappa shape index (κ3) is 2.34. The number of fused-ring (bicyclic) bond motifs is 1. The SMILES string of the molecule is CC1(c2c(-c3ccccc3Cl)[nH]c3ccc(F)cc23)NCCN1. The van der Waals surface area contributed by atoms with Crippen LogP contribution in [0.1, 0.15) is 12.5 Å². The molecule has 23 heavy (non-hydrogen) atoms. The number of H-pyrrole nitrogens is 1. The molecule has 0 spiro atoms. The van der Waals surface area contributed by atoms with Crippen molar-refractivity contribution in [2.45, 2.75) is 12.6 Å². The molecule has 0 bridgehead atoms. The van der Waals surface area contributed by atoms with Crippen LogP contribution in [0.4, 0.5) is 4.39 Å². The lowest BCUT2D eigenvalue weighted by molar-refractivity contribution is 0.390. The second-order valence-electron chi connectivity index (χ2n) is 6.02. The second-order valence-corrected chi connectivity index (χ2v) is 6.43. The Morgan fingerprint density at radius 1 is 1.09 bits per heavy atom. The molecule has 2 aromatic carbocycles. The minimum absolute atomic E-state index is 0.245. The Balaban J connectivity index is 2.06. The lowest BCUT2D eigenvalue weighted by Gasteiger charge is -2.26. The van der Waals surface area contributed by atoms with Gasteiger partial charge in [0.25, 0.3) is 0 Å². The standard InChI is InChI=1S/C18H17ClFN3/c1-18(21-8-9-22-18)16-13-10-11(20)6-7-15(13)23-17(16)12-4-2-3-5-14(12)19/h2-7,10,21-23H,8-9H2,1H3. The van der Waals surface area contributed by atoms with Crippen LogP contribution in [0.5, 0.6) is 0 Å². The molecule has 1 aromatic heterocycles. The summed E-state index contributed by atoms with van der Waals surface area (Å²) in [5, 5.41) is 8.49. The molecule has 5 heteroatoms. The highest BCUT2D eigenvalue weighted by molar-refractivity contribution is 6.33. The van der Waals surface area contributed by atoms with E-state index in [1.807, 2.05) is 24.3 Å². The van der Waals surface area contributed by atoms with Crippen LogP contribution in [-0.2, 0) is 5.66 Å². The Labute approximate surface area is 138 Å². The van der Waals surface area contributed by atoms with Crippen molar-refractivity contribution in [2.75, 3.05) is 13.1 Å². The molecule has 1 aliphatic heterocycles. The third-order valence-corrected chi connectivity index (χ3v) is 4.82. The fourth-order valence-corrected chi connectivity index (χ4v) is 3.64. The molecule has 0 amide bonds. The summed E-state index contributed by atoms with van der Waals surface area (Å²) in [6.07, 6.45) is 0. The lowest BCUT2D eigenvalue weighted by Crippen LogP contribution is -2.43. The van der Waals surface area contributed by atoms with E-state index in [4.69, 9.17) is 11.6 Å². The zero-order chi connectivity index (χ0) is 16.0. The van der Waals surface area contributed by atoms with Crippen molar-refractivity contribution in [3.05, 3.63) is 58.9 Å². The van der Waals surface area contributed by atoms with Gasteiger partial charge in [-0.25, -0.2) is 4.39 Å². The summed E-state index contributed by atoms with van der Waals surface area (Å²) in [5.74, 6) is -0.245. The highest BCUT2D eigenvalue weighted by Crippen LogP contribution is 2.39. The molecule has 0 atom stereocenters. The summed E-state index contributed by atoms with van der Waals surface area (Å²) in [6, 6.07) is 12.5. The van der Waals surface area contributed by atoms with Crippen molar-refractivity contribution in [2.24, 2.45) is 0 Å². The number of rotatable bonds is 2. The van der Waals surface area contributed by atoms with Crippen LogP contribution in [0.3, 0.4) is 0 Å². The van der Waals surface area contributed by atoms with Crippen LogP contribution in [0.2, 0.25) is 5.02 Å². The fourth-order valence-electron chi connectivity index (χ4n) is 3.41. The first kappa shape index (κ1) is 14.7. The number of hydrogen-bond donors (Lipinski definition) is 3. The number of halogens is 2. The van der Waals surface area contributed by atoms with E-state index in [-0.39, 0.29) is 5.82 Å². The first-order chi connectivity index (χ1) is 11.1. The van der Waals surface area contributed by atoms with Crippen LogP contribution >= 0.6 is 11.6 Å². The minimum Gasteiger partial charge on any atom is -0.354 e. The molecular formula is C18H17ClFN3. The molecule has 3 aromatic rings. The van der Waals surface area contributed by atoms with E-state index in [1.54, 1.807) is 12.1 Å². The van der Waals surface area contributed by atoms with Gasteiger partial charge in [0, 0.05) is 40.1 Å². The summed E-state index contributed by atoms with van der Waals surface area (Å²) >= 11 is 6.41. The van der Waals surface area contributed by atoms with Crippen LogP contribution in [-0.4, -0.2) is 18.1 Å². The van der Waals surface area contributed by atoms with Gasteiger partial charge in [-0.3, -0.25) is 10.6 Å². The van der Waals surface area contributed by atoms with E-state index in [0.717, 1.165) is 40.8 Å². The number of nitrogens with one attached hydrogen (secondary N) is 3. The number of hydrogen-bond acceptors (Lipinski definition) is 2. The highest BCUT2D eigenvalue weighted by Gasteiger charge is 2.35. The van der Waals surface area contributed by atoms with Crippen molar-refractivity contribution in [1.29, 1.82) is 0 Å². The molecule has 118 valence electrons. The number of aromatic nitrogens is 1. The molecule has 1 fully saturated rings. The Kier molecular flexibility index (Phi) is 3.41. The first-order valence-corrected chi connectivity index (χ1v) is 8.03. The van der Waals surface area contributed by atoms with E-state index in [2.05, 4.69) is 22.5 Å². The van der Waals surface area contributed by atoms with Crippen molar-refractivity contribution in [3.8, 4) is 11.3 Å². The largest absolute Gasteiger partial charge is 0.354 e. The summed E-state index contributed by atoms with van der Waals surface area (Å²) in [6.45, 7) is 3.80. The maximum Gasteiger partial charge on any atom is 0.123 e. The van der Waals surface area contributed by atoms with E-state index in [0.29, 0.717) is 5.02 Å². The van der Waals surface area contributed by atoms with Crippen LogP contribution in [0.25, 0.3) is 22.2 Å². The Hall–Kier alpha value is -1.88. The maximum absolute atomic E-state index is 13.8. The molecule has 0 unspecified atom stereocenters. The number of benzene rings is 2. The zero-order valence-corrected chi connectivity index (χ0v) is 13.5. The first-order valence-electron chi connectivity index (χ1n) is 7.65. The lowest BCUT2D eigenvalue weighted by atomic mass is 9.95. The van der Waals surface area contributed by atoms with Gasteiger partial charge < -0.3 is 4.98 Å². The smallest absolute Gasteiger partial charge is 0.123 e. The molecule has 1 aliphatic rings. The van der Waals surface area contributed by atoms with E-state index in [1.165, 1.54) is 6.07 Å². The average molecular weight is 330 g/mol. The fraction of sp³-hybridized carbons (Fsp3) is 0.222. The van der Waals surface area contributed by atoms with Gasteiger partial charge in [0.2, 0.25) is 0 Å². The van der Waals surface area contributed by atoms with Gasteiger partial charge in [-0.2, -0.15) is 0 Å². The Morgan fingerprint density at radius 3 is 2.57 bits per heavy atom. The van der Waals surface area contributed by atoms with Gasteiger partial charge in [0.1, 0.15) is 5.82 Å². The zero-order valence-electron chi connectivity index (χ0n) is 12.7. The summed E-state index contributed by atoms with van der Waals surface area (Å²) in [7, 11) is 0. The van der Waals surface area contributed by atoms with Crippen molar-refractivity contribution in [3.63, 3.8) is 0 Å². The molecule has 2 heterocycles. The van der Waals surface area contributed by atoms with Crippen LogP contribution in [0, 0.1) is 5.82 Å². The molecule has 0 saturated carbocycles. The molecule has 3 nitrogen and oxygen atoms in total. The molecule has 3 N–H and O–H groups in total. The van der Waals surface area contributed by atoms with Gasteiger partial charge in [-0.05, 0) is 31.2 Å². The van der Waals surface area contributed by atoms with Gasteiger partial charge in [0.05, 0.1) is 11.4 Å². The molecular weight excluding hydrogens is 313 g/mol. The minimum atomic E-state index is -0.430. The van der Waals surface area contributed by atoms with E-state index in [9.17, 15) is 4.39 Å². The monoisotopic (exact) mass is 329 g/mol. The summed E-state index contributed by atoms with van der Waals surface area (Å²) in [5.41, 5.74) is 3.30. The third-order valence-electron chi connectivity index (χ3n) is 4.49. The van der Waals surface area contributed by atoms with Gasteiger partial charge in [-0.1, -0.05) is 29.8 Å².